The van der Waals surface area contributed by atoms with Gasteiger partial charge in [0.25, 0.3) is 0 Å². The first-order chi connectivity index (χ1) is 12.6. The Kier molecular flexibility index (Phi) is 4.73. The first-order valence-electron chi connectivity index (χ1n) is 8.54. The summed E-state index contributed by atoms with van der Waals surface area (Å²) in [6.07, 6.45) is -1.84. The Morgan fingerprint density at radius 1 is 1.00 bits per heavy atom. The van der Waals surface area contributed by atoms with E-state index in [1.165, 1.54) is 0 Å². The summed E-state index contributed by atoms with van der Waals surface area (Å²) in [5.41, 5.74) is 2.95. The Morgan fingerprint density at radius 3 is 2.54 bits per heavy atom. The van der Waals surface area contributed by atoms with Gasteiger partial charge in [-0.25, -0.2) is 0 Å². The Labute approximate surface area is 156 Å². The topological polar surface area (TPSA) is 74.9 Å². The number of fused-ring (bicyclic) bond motifs is 1. The number of aromatic nitrogens is 1. The number of ether oxygens (including phenoxy) is 1. The predicted molar refractivity (Wildman–Crippen MR) is 99.2 cm³/mol. The maximum absolute atomic E-state index is 10.4. The first-order valence-corrected chi connectivity index (χ1v) is 8.91. The van der Waals surface area contributed by atoms with Gasteiger partial charge >= 0.3 is 0 Å². The van der Waals surface area contributed by atoms with Gasteiger partial charge in [-0.15, -0.1) is 0 Å². The lowest BCUT2D eigenvalue weighted by Crippen LogP contribution is -2.50. The Balaban J connectivity index is 1.80. The zero-order valence-electron chi connectivity index (χ0n) is 14.0. The number of para-hydroxylation sites is 1. The average Bonchev–Trinajstić information content (AvgIpc) is 3.00. The molecule has 5 nitrogen and oxygen atoms in total. The number of hydrogen-bond donors (Lipinski definition) is 3. The van der Waals surface area contributed by atoms with E-state index in [9.17, 15) is 15.3 Å². The summed E-state index contributed by atoms with van der Waals surface area (Å²) >= 11 is 6.44. The number of benzene rings is 2. The van der Waals surface area contributed by atoms with E-state index in [1.54, 1.807) is 10.6 Å². The van der Waals surface area contributed by atoms with Crippen LogP contribution in [-0.2, 0) is 11.2 Å². The second-order valence-electron chi connectivity index (χ2n) is 6.63. The highest BCUT2D eigenvalue weighted by molar-refractivity contribution is 6.35. The number of aliphatic hydroxyl groups excluding tert-OH is 3. The van der Waals surface area contributed by atoms with Crippen molar-refractivity contribution in [3.8, 4) is 0 Å². The van der Waals surface area contributed by atoms with Crippen LogP contribution in [0.3, 0.4) is 0 Å². The van der Waals surface area contributed by atoms with Crippen LogP contribution in [-0.4, -0.2) is 44.8 Å². The van der Waals surface area contributed by atoms with Crippen LogP contribution in [0.1, 0.15) is 17.4 Å². The molecule has 3 aromatic rings. The quantitative estimate of drug-likeness (QED) is 0.659. The lowest BCUT2D eigenvalue weighted by atomic mass is 10.0. The molecule has 0 amide bonds. The van der Waals surface area contributed by atoms with E-state index in [2.05, 4.69) is 12.1 Å². The van der Waals surface area contributed by atoms with Crippen molar-refractivity contribution in [3.63, 3.8) is 0 Å². The van der Waals surface area contributed by atoms with Crippen LogP contribution in [0.15, 0.2) is 54.7 Å². The van der Waals surface area contributed by atoms with Gasteiger partial charge in [0.05, 0.1) is 17.1 Å². The molecule has 0 saturated carbocycles. The van der Waals surface area contributed by atoms with E-state index in [4.69, 9.17) is 16.3 Å². The van der Waals surface area contributed by atoms with Crippen LogP contribution in [0.2, 0.25) is 5.02 Å². The van der Waals surface area contributed by atoms with Crippen LogP contribution in [0.25, 0.3) is 10.9 Å². The molecule has 4 rings (SSSR count). The molecule has 0 radical (unpaired) electrons. The van der Waals surface area contributed by atoms with E-state index in [0.717, 1.165) is 22.0 Å². The Hall–Kier alpha value is -1.89. The van der Waals surface area contributed by atoms with Crippen molar-refractivity contribution < 1.29 is 20.1 Å². The van der Waals surface area contributed by atoms with Gasteiger partial charge in [0.15, 0.2) is 6.23 Å². The molecular formula is C20H20ClNO4. The second kappa shape index (κ2) is 7.02. The van der Waals surface area contributed by atoms with Crippen molar-refractivity contribution >= 4 is 22.5 Å². The molecule has 2 heterocycles. The monoisotopic (exact) mass is 373 g/mol. The van der Waals surface area contributed by atoms with Crippen molar-refractivity contribution in [1.82, 2.24) is 4.57 Å². The summed E-state index contributed by atoms with van der Waals surface area (Å²) in [7, 11) is 0. The molecule has 1 aliphatic rings. The molecule has 0 aliphatic carbocycles. The van der Waals surface area contributed by atoms with Crippen molar-refractivity contribution in [2.75, 3.05) is 6.61 Å². The number of halogens is 1. The predicted octanol–water partition coefficient (Wildman–Crippen LogP) is 2.50. The molecule has 3 N–H and O–H groups in total. The van der Waals surface area contributed by atoms with E-state index >= 15 is 0 Å². The van der Waals surface area contributed by atoms with Gasteiger partial charge in [-0.05, 0) is 23.6 Å². The van der Waals surface area contributed by atoms with Crippen LogP contribution < -0.4 is 0 Å². The summed E-state index contributed by atoms with van der Waals surface area (Å²) in [5, 5.41) is 31.7. The standard InChI is InChI=1S/C20H20ClNO4/c21-15-8-4-7-14-13(9-12-5-2-1-3-6-12)10-22(17(14)15)20-19(25)18(24)16(23)11-26-20/h1-8,10,16,18-20,23-25H,9,11H2/t16-,18+,19-,20-/m1/s1. The minimum Gasteiger partial charge on any atom is -0.388 e. The van der Waals surface area contributed by atoms with Gasteiger partial charge in [-0.1, -0.05) is 54.1 Å². The zero-order chi connectivity index (χ0) is 18.3. The zero-order valence-corrected chi connectivity index (χ0v) is 14.8. The fourth-order valence-electron chi connectivity index (χ4n) is 3.53. The van der Waals surface area contributed by atoms with Gasteiger partial charge < -0.3 is 24.6 Å². The third kappa shape index (κ3) is 3.02. The smallest absolute Gasteiger partial charge is 0.162 e. The van der Waals surface area contributed by atoms with Crippen LogP contribution >= 0.6 is 11.6 Å². The molecule has 1 fully saturated rings. The molecule has 0 bridgehead atoms. The van der Waals surface area contributed by atoms with E-state index in [0.29, 0.717) is 11.4 Å². The summed E-state index contributed by atoms with van der Waals surface area (Å²) in [6.45, 7) is -0.0545. The van der Waals surface area contributed by atoms with Gasteiger partial charge in [-0.2, -0.15) is 0 Å². The molecule has 1 aromatic heterocycles. The molecule has 0 spiro atoms. The molecule has 2 aromatic carbocycles. The molecule has 6 heteroatoms. The molecule has 136 valence electrons. The van der Waals surface area contributed by atoms with Crippen LogP contribution in [0, 0.1) is 0 Å². The Morgan fingerprint density at radius 2 is 1.77 bits per heavy atom. The number of nitrogens with zero attached hydrogens (tertiary/aromatic N) is 1. The Bertz CT molecular complexity index is 911. The third-order valence-corrected chi connectivity index (χ3v) is 5.18. The fraction of sp³-hybridized carbons (Fsp3) is 0.300. The SMILES string of the molecule is O[C@@H]1[C@@H](O)[C@H](n2cc(Cc3ccccc3)c3cccc(Cl)c32)OC[C@H]1O. The molecule has 1 aliphatic heterocycles. The third-order valence-electron chi connectivity index (χ3n) is 4.87. The van der Waals surface area contributed by atoms with Crippen LogP contribution in [0.5, 0.6) is 0 Å². The minimum atomic E-state index is -1.27. The maximum atomic E-state index is 10.4. The molecule has 4 atom stereocenters. The number of aliphatic hydroxyl groups is 3. The first kappa shape index (κ1) is 17.5. The van der Waals surface area contributed by atoms with Gasteiger partial charge in [-0.3, -0.25) is 0 Å². The van der Waals surface area contributed by atoms with E-state index in [-0.39, 0.29) is 6.61 Å². The average molecular weight is 374 g/mol. The summed E-state index contributed by atoms with van der Waals surface area (Å²) < 4.78 is 7.39. The highest BCUT2D eigenvalue weighted by Gasteiger charge is 2.39. The second-order valence-corrected chi connectivity index (χ2v) is 7.04. The largest absolute Gasteiger partial charge is 0.388 e. The van der Waals surface area contributed by atoms with Gasteiger partial charge in [0.2, 0.25) is 0 Å². The molecule has 26 heavy (non-hydrogen) atoms. The lowest BCUT2D eigenvalue weighted by Gasteiger charge is -2.36. The fourth-order valence-corrected chi connectivity index (χ4v) is 3.80. The van der Waals surface area contributed by atoms with Gasteiger partial charge in [0.1, 0.15) is 18.3 Å². The lowest BCUT2D eigenvalue weighted by molar-refractivity contribution is -0.209. The molecule has 1 saturated heterocycles. The summed E-state index contributed by atoms with van der Waals surface area (Å²) in [6, 6.07) is 15.7. The van der Waals surface area contributed by atoms with Crippen molar-refractivity contribution in [2.24, 2.45) is 0 Å². The highest BCUT2D eigenvalue weighted by Crippen LogP contribution is 2.35. The maximum Gasteiger partial charge on any atom is 0.162 e. The molecule has 0 unspecified atom stereocenters. The van der Waals surface area contributed by atoms with Crippen molar-refractivity contribution in [3.05, 3.63) is 70.9 Å². The number of rotatable bonds is 3. The van der Waals surface area contributed by atoms with Crippen molar-refractivity contribution in [2.45, 2.75) is 31.0 Å². The highest BCUT2D eigenvalue weighted by atomic mass is 35.5. The molecular weight excluding hydrogens is 354 g/mol. The van der Waals surface area contributed by atoms with E-state index in [1.807, 2.05) is 36.5 Å². The summed E-state index contributed by atoms with van der Waals surface area (Å²) in [4.78, 5) is 0. The normalized spacial score (nSPS) is 26.3. The minimum absolute atomic E-state index is 0.0545. The van der Waals surface area contributed by atoms with Crippen LogP contribution in [0.4, 0.5) is 0 Å². The van der Waals surface area contributed by atoms with E-state index < -0.39 is 24.5 Å². The van der Waals surface area contributed by atoms with Gasteiger partial charge in [0, 0.05) is 11.6 Å². The van der Waals surface area contributed by atoms with Crippen molar-refractivity contribution in [1.29, 1.82) is 0 Å². The number of hydrogen-bond acceptors (Lipinski definition) is 4. The summed E-state index contributed by atoms with van der Waals surface area (Å²) in [5.74, 6) is 0.